The summed E-state index contributed by atoms with van der Waals surface area (Å²) in [5, 5.41) is 2.09. The van der Waals surface area contributed by atoms with Crippen LogP contribution in [0.5, 0.6) is 0 Å². The summed E-state index contributed by atoms with van der Waals surface area (Å²) in [7, 11) is 2.86. The van der Waals surface area contributed by atoms with Gasteiger partial charge < -0.3 is 9.47 Å². The summed E-state index contributed by atoms with van der Waals surface area (Å²) in [5.74, 6) is -1.57. The van der Waals surface area contributed by atoms with Gasteiger partial charge in [0.15, 0.2) is 5.13 Å². The highest BCUT2D eigenvalue weighted by Crippen LogP contribution is 2.27. The zero-order valence-electron chi connectivity index (χ0n) is 17.1. The Labute approximate surface area is 182 Å². The molecular weight excluding hydrogens is 422 g/mol. The molecule has 0 aliphatic carbocycles. The Morgan fingerprint density at radius 2 is 2.06 bits per heavy atom. The van der Waals surface area contributed by atoms with Crippen LogP contribution in [-0.4, -0.2) is 67.0 Å². The van der Waals surface area contributed by atoms with Gasteiger partial charge in [-0.05, 0) is 31.0 Å². The Morgan fingerprint density at radius 1 is 1.29 bits per heavy atom. The molecule has 0 N–H and O–H groups in total. The van der Waals surface area contributed by atoms with Crippen LogP contribution in [0, 0.1) is 0 Å². The topological polar surface area (TPSA) is 106 Å². The number of aromatic nitrogens is 1. The van der Waals surface area contributed by atoms with Crippen LogP contribution in [0.15, 0.2) is 23.6 Å². The monoisotopic (exact) mass is 443 g/mol. The number of benzene rings is 1. The van der Waals surface area contributed by atoms with E-state index in [1.165, 1.54) is 46.4 Å². The minimum Gasteiger partial charge on any atom is -0.469 e. The number of methoxy groups -OCH3 is 1. The number of esters is 1. The van der Waals surface area contributed by atoms with Gasteiger partial charge in [-0.15, -0.1) is 11.3 Å². The Kier molecular flexibility index (Phi) is 5.84. The van der Waals surface area contributed by atoms with Gasteiger partial charge >= 0.3 is 5.97 Å². The number of carbonyl (C=O) groups is 4. The molecule has 3 amide bonds. The number of carbonyl (C=O) groups excluding carboxylic acids is 4. The molecule has 1 saturated heterocycles. The molecule has 4 rings (SSSR count). The fraction of sp³-hybridized carbons (Fsp3) is 0.381. The molecule has 0 radical (unpaired) electrons. The third-order valence-corrected chi connectivity index (χ3v) is 6.28. The van der Waals surface area contributed by atoms with Crippen LogP contribution >= 0.6 is 11.3 Å². The Hall–Kier alpha value is -3.11. The first-order chi connectivity index (χ1) is 14.9. The van der Waals surface area contributed by atoms with Crippen LogP contribution in [0.25, 0.3) is 0 Å². The first kappa shape index (κ1) is 21.1. The first-order valence-electron chi connectivity index (χ1n) is 9.80. The summed E-state index contributed by atoms with van der Waals surface area (Å²) in [4.78, 5) is 56.7. The quantitative estimate of drug-likeness (QED) is 0.496. The Balaban J connectivity index is 1.51. The predicted octanol–water partition coefficient (Wildman–Crippen LogP) is 1.91. The SMILES string of the molecule is COC(=O)Cc1csc(N(C)C(=O)c2ccc3c(c2)C(=O)N(C[C@@H]2CCCO2)C3=O)n1. The second-order valence-corrected chi connectivity index (χ2v) is 8.19. The summed E-state index contributed by atoms with van der Waals surface area (Å²) in [6, 6.07) is 4.49. The van der Waals surface area contributed by atoms with Crippen molar-refractivity contribution in [1.29, 1.82) is 0 Å². The number of hydrogen-bond acceptors (Lipinski definition) is 8. The summed E-state index contributed by atoms with van der Waals surface area (Å²) in [5.41, 5.74) is 1.28. The van der Waals surface area contributed by atoms with E-state index in [4.69, 9.17) is 4.74 Å². The van der Waals surface area contributed by atoms with Crippen LogP contribution in [0.1, 0.15) is 49.6 Å². The van der Waals surface area contributed by atoms with Crippen molar-refractivity contribution in [2.45, 2.75) is 25.4 Å². The van der Waals surface area contributed by atoms with Crippen molar-refractivity contribution in [3.63, 3.8) is 0 Å². The van der Waals surface area contributed by atoms with Crippen molar-refractivity contribution in [1.82, 2.24) is 9.88 Å². The fourth-order valence-electron chi connectivity index (χ4n) is 3.61. The van der Waals surface area contributed by atoms with Crippen molar-refractivity contribution in [3.8, 4) is 0 Å². The normalized spacial score (nSPS) is 17.7. The van der Waals surface area contributed by atoms with Crippen molar-refractivity contribution in [2.75, 3.05) is 32.2 Å². The minimum atomic E-state index is -0.416. The van der Waals surface area contributed by atoms with Gasteiger partial charge in [0.2, 0.25) is 0 Å². The number of hydrogen-bond donors (Lipinski definition) is 0. The van der Waals surface area contributed by atoms with Crippen LogP contribution < -0.4 is 4.90 Å². The number of rotatable bonds is 6. The van der Waals surface area contributed by atoms with Gasteiger partial charge in [0, 0.05) is 24.6 Å². The molecule has 1 atom stereocenters. The van der Waals surface area contributed by atoms with Crippen molar-refractivity contribution in [3.05, 3.63) is 46.0 Å². The highest BCUT2D eigenvalue weighted by atomic mass is 32.1. The van der Waals surface area contributed by atoms with Gasteiger partial charge in [-0.3, -0.25) is 29.0 Å². The molecular formula is C21H21N3O6S. The largest absolute Gasteiger partial charge is 0.469 e. The van der Waals surface area contributed by atoms with Gasteiger partial charge in [-0.25, -0.2) is 4.98 Å². The maximum absolute atomic E-state index is 13.0. The molecule has 1 aromatic carbocycles. The zero-order chi connectivity index (χ0) is 22.1. The maximum atomic E-state index is 13.0. The second kappa shape index (κ2) is 8.56. The molecule has 31 heavy (non-hydrogen) atoms. The van der Waals surface area contributed by atoms with Gasteiger partial charge in [0.25, 0.3) is 17.7 Å². The summed E-state index contributed by atoms with van der Waals surface area (Å²) >= 11 is 1.22. The number of thiazole rings is 1. The second-order valence-electron chi connectivity index (χ2n) is 7.35. The number of fused-ring (bicyclic) bond motifs is 1. The predicted molar refractivity (Wildman–Crippen MR) is 111 cm³/mol. The molecule has 9 nitrogen and oxygen atoms in total. The molecule has 0 unspecified atom stereocenters. The summed E-state index contributed by atoms with van der Waals surface area (Å²) in [6.45, 7) is 0.856. The maximum Gasteiger partial charge on any atom is 0.311 e. The van der Waals surface area contributed by atoms with Crippen LogP contribution in [0.2, 0.25) is 0 Å². The standard InChI is InChI=1S/C21H21N3O6S/c1-23(21-22-13(11-31-21)9-17(25)29-2)18(26)12-5-6-15-16(8-12)20(28)24(19(15)27)10-14-4-3-7-30-14/h5-6,8,11,14H,3-4,7,9-10H2,1-2H3/t14-/m0/s1. The molecule has 0 saturated carbocycles. The molecule has 2 aromatic rings. The van der Waals surface area contributed by atoms with E-state index in [2.05, 4.69) is 9.72 Å². The van der Waals surface area contributed by atoms with Crippen LogP contribution in [-0.2, 0) is 20.7 Å². The molecule has 3 heterocycles. The van der Waals surface area contributed by atoms with Gasteiger partial charge in [0.1, 0.15) is 0 Å². The number of amides is 3. The molecule has 1 fully saturated rings. The summed E-state index contributed by atoms with van der Waals surface area (Å²) in [6.07, 6.45) is 1.61. The van der Waals surface area contributed by atoms with Crippen molar-refractivity contribution in [2.24, 2.45) is 0 Å². The molecule has 2 aliphatic rings. The average Bonchev–Trinajstić information content (AvgIpc) is 3.51. The van der Waals surface area contributed by atoms with E-state index < -0.39 is 11.9 Å². The number of ether oxygens (including phenoxy) is 2. The van der Waals surface area contributed by atoms with E-state index in [1.54, 1.807) is 12.4 Å². The van der Waals surface area contributed by atoms with Gasteiger partial charge in [0.05, 0.1) is 43.0 Å². The third kappa shape index (κ3) is 4.08. The van der Waals surface area contributed by atoms with E-state index >= 15 is 0 Å². The van der Waals surface area contributed by atoms with E-state index in [0.29, 0.717) is 17.4 Å². The first-order valence-corrected chi connectivity index (χ1v) is 10.7. The Bertz CT molecular complexity index is 1060. The minimum absolute atomic E-state index is 0.0189. The number of anilines is 1. The number of nitrogens with zero attached hydrogens (tertiary/aromatic N) is 3. The molecule has 0 bridgehead atoms. The molecule has 162 valence electrons. The van der Waals surface area contributed by atoms with E-state index in [-0.39, 0.29) is 47.6 Å². The molecule has 0 spiro atoms. The van der Waals surface area contributed by atoms with Gasteiger partial charge in [-0.2, -0.15) is 0 Å². The lowest BCUT2D eigenvalue weighted by atomic mass is 10.1. The highest BCUT2D eigenvalue weighted by Gasteiger charge is 2.38. The third-order valence-electron chi connectivity index (χ3n) is 5.31. The zero-order valence-corrected chi connectivity index (χ0v) is 17.9. The van der Waals surface area contributed by atoms with E-state index in [0.717, 1.165) is 12.8 Å². The highest BCUT2D eigenvalue weighted by molar-refractivity contribution is 7.14. The summed E-state index contributed by atoms with van der Waals surface area (Å²) < 4.78 is 10.2. The smallest absolute Gasteiger partial charge is 0.311 e. The van der Waals surface area contributed by atoms with Crippen LogP contribution in [0.4, 0.5) is 5.13 Å². The van der Waals surface area contributed by atoms with Crippen LogP contribution in [0.3, 0.4) is 0 Å². The Morgan fingerprint density at radius 3 is 2.77 bits per heavy atom. The lowest BCUT2D eigenvalue weighted by Crippen LogP contribution is -2.36. The van der Waals surface area contributed by atoms with E-state index in [9.17, 15) is 19.2 Å². The number of imide groups is 1. The van der Waals surface area contributed by atoms with E-state index in [1.807, 2.05) is 0 Å². The molecule has 1 aromatic heterocycles. The average molecular weight is 443 g/mol. The molecule has 10 heteroatoms. The lowest BCUT2D eigenvalue weighted by Gasteiger charge is -2.17. The fourth-order valence-corrected chi connectivity index (χ4v) is 4.40. The molecule has 2 aliphatic heterocycles. The van der Waals surface area contributed by atoms with Crippen molar-refractivity contribution < 1.29 is 28.7 Å². The van der Waals surface area contributed by atoms with Crippen molar-refractivity contribution >= 4 is 40.2 Å². The van der Waals surface area contributed by atoms with Gasteiger partial charge in [-0.1, -0.05) is 0 Å². The lowest BCUT2D eigenvalue weighted by molar-refractivity contribution is -0.139.